The van der Waals surface area contributed by atoms with E-state index in [1.54, 1.807) is 48.3 Å². The average Bonchev–Trinajstić information content (AvgIpc) is 3.21. The Morgan fingerprint density at radius 2 is 1.74 bits per heavy atom. The zero-order valence-electron chi connectivity index (χ0n) is 22.1. The van der Waals surface area contributed by atoms with E-state index in [1.165, 1.54) is 0 Å². The molecule has 0 N–H and O–H groups in total. The normalized spacial score (nSPS) is 12.0. The third kappa shape index (κ3) is 5.07. The van der Waals surface area contributed by atoms with Gasteiger partial charge in [-0.25, -0.2) is 8.89 Å². The van der Waals surface area contributed by atoms with Crippen molar-refractivity contribution in [1.82, 2.24) is 14.3 Å². The van der Waals surface area contributed by atoms with Crippen molar-refractivity contribution in [2.75, 3.05) is 7.11 Å². The van der Waals surface area contributed by atoms with Crippen molar-refractivity contribution in [3.8, 4) is 11.4 Å². The van der Waals surface area contributed by atoms with Crippen LogP contribution in [0.4, 0.5) is 0 Å². The maximum atomic E-state index is 13.4. The number of Topliss-reactive ketones (excluding diaryl/α,β-unsaturated/α-hetero) is 1. The summed E-state index contributed by atoms with van der Waals surface area (Å²) in [6.45, 7) is 4.49. The maximum absolute atomic E-state index is 13.4. The first-order valence-corrected chi connectivity index (χ1v) is 13.9. The molecule has 0 saturated carbocycles. The summed E-state index contributed by atoms with van der Waals surface area (Å²) in [5.41, 5.74) is 2.74. The molecule has 0 fully saturated rings. The molecule has 1 atom stereocenters. The molecule has 3 aromatic carbocycles. The lowest BCUT2D eigenvalue weighted by atomic mass is 10.0. The van der Waals surface area contributed by atoms with Crippen LogP contribution in [-0.2, 0) is 23.8 Å². The molecule has 0 radical (unpaired) electrons. The molecule has 1 unspecified atom stereocenters. The van der Waals surface area contributed by atoms with Crippen molar-refractivity contribution < 1.29 is 13.7 Å². The predicted molar refractivity (Wildman–Crippen MR) is 153 cm³/mol. The SMILES string of the molecule is CCCn1c(C)c(C(=O)Cc2ccc(S(=O)c3ccnc4cc(OC)ccc34)cc2)c(=O)n1-c1ccccc1. The Morgan fingerprint density at radius 1 is 1.00 bits per heavy atom. The third-order valence-electron chi connectivity index (χ3n) is 6.72. The van der Waals surface area contributed by atoms with Crippen LogP contribution >= 0.6 is 0 Å². The molecule has 7 nitrogen and oxygen atoms in total. The summed E-state index contributed by atoms with van der Waals surface area (Å²) in [6, 6.07) is 23.7. The lowest BCUT2D eigenvalue weighted by Gasteiger charge is -2.12. The van der Waals surface area contributed by atoms with Gasteiger partial charge in [0.2, 0.25) is 0 Å². The van der Waals surface area contributed by atoms with E-state index in [9.17, 15) is 13.8 Å². The Morgan fingerprint density at radius 3 is 2.44 bits per heavy atom. The molecule has 198 valence electrons. The molecule has 0 amide bonds. The second-order valence-corrected chi connectivity index (χ2v) is 10.7. The molecule has 0 bridgehead atoms. The van der Waals surface area contributed by atoms with Crippen LogP contribution in [0.3, 0.4) is 0 Å². The van der Waals surface area contributed by atoms with E-state index in [2.05, 4.69) is 4.98 Å². The number of ether oxygens (including phenoxy) is 1. The summed E-state index contributed by atoms with van der Waals surface area (Å²) >= 11 is 0. The van der Waals surface area contributed by atoms with E-state index in [4.69, 9.17) is 4.74 Å². The number of fused-ring (bicyclic) bond motifs is 1. The van der Waals surface area contributed by atoms with E-state index < -0.39 is 10.8 Å². The molecule has 2 aromatic heterocycles. The minimum atomic E-state index is -1.44. The molecule has 2 heterocycles. The zero-order chi connectivity index (χ0) is 27.5. The van der Waals surface area contributed by atoms with Gasteiger partial charge in [-0.15, -0.1) is 0 Å². The van der Waals surface area contributed by atoms with Crippen LogP contribution in [0, 0.1) is 6.92 Å². The first kappa shape index (κ1) is 26.3. The van der Waals surface area contributed by atoms with Gasteiger partial charge in [0.05, 0.1) is 34.0 Å². The summed E-state index contributed by atoms with van der Waals surface area (Å²) in [5.74, 6) is 0.447. The van der Waals surface area contributed by atoms with Crippen LogP contribution in [0.1, 0.15) is 35.0 Å². The maximum Gasteiger partial charge on any atom is 0.282 e. The minimum Gasteiger partial charge on any atom is -0.497 e. The van der Waals surface area contributed by atoms with Gasteiger partial charge in [-0.1, -0.05) is 37.3 Å². The van der Waals surface area contributed by atoms with Crippen LogP contribution in [-0.4, -0.2) is 31.4 Å². The van der Waals surface area contributed by atoms with E-state index in [0.29, 0.717) is 33.3 Å². The van der Waals surface area contributed by atoms with Crippen molar-refractivity contribution >= 4 is 27.5 Å². The molecule has 8 heteroatoms. The fourth-order valence-electron chi connectivity index (χ4n) is 4.80. The monoisotopic (exact) mass is 539 g/mol. The summed E-state index contributed by atoms with van der Waals surface area (Å²) in [4.78, 5) is 32.5. The van der Waals surface area contributed by atoms with Gasteiger partial charge in [0, 0.05) is 41.2 Å². The zero-order valence-corrected chi connectivity index (χ0v) is 22.9. The molecule has 5 aromatic rings. The molecular formula is C31H29N3O4S. The molecular weight excluding hydrogens is 510 g/mol. The van der Waals surface area contributed by atoms with Crippen LogP contribution in [0.15, 0.2) is 99.6 Å². The van der Waals surface area contributed by atoms with Gasteiger partial charge in [-0.2, -0.15) is 0 Å². The van der Waals surface area contributed by atoms with Crippen LogP contribution in [0.25, 0.3) is 16.6 Å². The Bertz CT molecular complexity index is 1740. The van der Waals surface area contributed by atoms with Crippen molar-refractivity contribution in [1.29, 1.82) is 0 Å². The van der Waals surface area contributed by atoms with E-state index in [-0.39, 0.29) is 23.3 Å². The molecule has 0 spiro atoms. The molecule has 39 heavy (non-hydrogen) atoms. The number of hydrogen-bond donors (Lipinski definition) is 0. The van der Waals surface area contributed by atoms with Crippen molar-refractivity contribution in [2.24, 2.45) is 0 Å². The third-order valence-corrected chi connectivity index (χ3v) is 8.18. The second kappa shape index (κ2) is 11.2. The van der Waals surface area contributed by atoms with Crippen molar-refractivity contribution in [3.63, 3.8) is 0 Å². The molecule has 0 aliphatic carbocycles. The number of carbonyl (C=O) groups is 1. The van der Waals surface area contributed by atoms with Gasteiger partial charge in [0.1, 0.15) is 11.3 Å². The Kier molecular flexibility index (Phi) is 7.56. The number of methoxy groups -OCH3 is 1. The van der Waals surface area contributed by atoms with Gasteiger partial charge in [0.15, 0.2) is 5.78 Å². The predicted octanol–water partition coefficient (Wildman–Crippen LogP) is 5.51. The first-order chi connectivity index (χ1) is 18.9. The van der Waals surface area contributed by atoms with Gasteiger partial charge < -0.3 is 4.74 Å². The van der Waals surface area contributed by atoms with Gasteiger partial charge in [-0.05, 0) is 61.4 Å². The average molecular weight is 540 g/mol. The minimum absolute atomic E-state index is 0.0753. The van der Waals surface area contributed by atoms with Crippen LogP contribution in [0.2, 0.25) is 0 Å². The lowest BCUT2D eigenvalue weighted by molar-refractivity contribution is 0.0991. The number of carbonyl (C=O) groups excluding carboxylic acids is 1. The first-order valence-electron chi connectivity index (χ1n) is 12.8. The van der Waals surface area contributed by atoms with E-state index in [1.807, 2.05) is 67.1 Å². The Labute approximate surface area is 229 Å². The van der Waals surface area contributed by atoms with Crippen molar-refractivity contribution in [2.45, 2.75) is 43.0 Å². The lowest BCUT2D eigenvalue weighted by Crippen LogP contribution is -2.24. The highest BCUT2D eigenvalue weighted by atomic mass is 32.2. The number of benzene rings is 3. The molecule has 0 saturated heterocycles. The van der Waals surface area contributed by atoms with Crippen LogP contribution < -0.4 is 10.3 Å². The number of pyridine rings is 1. The summed E-state index contributed by atoms with van der Waals surface area (Å²) in [5, 5.41) is 0.789. The molecule has 0 aliphatic rings. The molecule has 5 rings (SSSR count). The topological polar surface area (TPSA) is 83.2 Å². The summed E-state index contributed by atoms with van der Waals surface area (Å²) in [7, 11) is 0.154. The van der Waals surface area contributed by atoms with E-state index >= 15 is 0 Å². The van der Waals surface area contributed by atoms with Gasteiger partial charge >= 0.3 is 0 Å². The summed E-state index contributed by atoms with van der Waals surface area (Å²) < 4.78 is 22.2. The fraction of sp³-hybridized carbons (Fsp3) is 0.194. The van der Waals surface area contributed by atoms with E-state index in [0.717, 1.165) is 23.1 Å². The Hall–Kier alpha value is -4.30. The molecule has 0 aliphatic heterocycles. The van der Waals surface area contributed by atoms with Crippen molar-refractivity contribution in [3.05, 3.63) is 112 Å². The number of aromatic nitrogens is 3. The Balaban J connectivity index is 1.41. The number of ketones is 1. The largest absolute Gasteiger partial charge is 0.497 e. The van der Waals surface area contributed by atoms with Crippen LogP contribution in [0.5, 0.6) is 5.75 Å². The fourth-order valence-corrected chi connectivity index (χ4v) is 5.99. The van der Waals surface area contributed by atoms with Gasteiger partial charge in [0.25, 0.3) is 5.56 Å². The highest BCUT2D eigenvalue weighted by Gasteiger charge is 2.23. The highest BCUT2D eigenvalue weighted by Crippen LogP contribution is 2.27. The number of rotatable bonds is 9. The second-order valence-electron chi connectivity index (χ2n) is 9.24. The quantitative estimate of drug-likeness (QED) is 0.231. The number of nitrogens with zero attached hydrogens (tertiary/aromatic N) is 3. The smallest absolute Gasteiger partial charge is 0.282 e. The highest BCUT2D eigenvalue weighted by molar-refractivity contribution is 7.85. The standard InChI is InChI=1S/C31H29N3O4S/c1-4-18-33-21(2)30(31(36)34(33)23-8-6-5-7-9-23)28(35)19-22-10-13-25(14-11-22)39(37)29-16-17-32-27-20-24(38-3)12-15-26(27)29/h5-17,20H,4,18-19H2,1-3H3. The van der Waals surface area contributed by atoms with Gasteiger partial charge in [-0.3, -0.25) is 19.3 Å². The number of para-hydroxylation sites is 1. The summed E-state index contributed by atoms with van der Waals surface area (Å²) in [6.07, 6.45) is 2.54. The number of hydrogen-bond acceptors (Lipinski definition) is 5.